The van der Waals surface area contributed by atoms with Crippen LogP contribution in [0, 0.1) is 5.82 Å². The number of halogens is 1. The first-order valence-electron chi connectivity index (χ1n) is 6.61. The lowest BCUT2D eigenvalue weighted by Crippen LogP contribution is -2.20. The maximum atomic E-state index is 13.2. The molecule has 0 bridgehead atoms. The van der Waals surface area contributed by atoms with Gasteiger partial charge < -0.3 is 11.1 Å². The topological polar surface area (TPSA) is 68.0 Å². The predicted molar refractivity (Wildman–Crippen MR) is 81.7 cm³/mol. The molecular formula is C16H18FN3O. The number of nitrogens with one attached hydrogen (secondary N) is 1. The number of aromatic nitrogens is 1. The first-order chi connectivity index (χ1) is 9.79. The fraction of sp³-hybridized carbons (Fsp3) is 0.250. The third-order valence-corrected chi connectivity index (χ3v) is 3.11. The highest BCUT2D eigenvalue weighted by Crippen LogP contribution is 2.29. The number of nitrogens with two attached hydrogens (primary N) is 1. The molecule has 0 unspecified atom stereocenters. The number of amides is 1. The number of nitrogen functional groups attached to an aromatic ring is 1. The number of nitrogens with zero attached hydrogens (tertiary/aromatic N) is 1. The number of anilines is 2. The van der Waals surface area contributed by atoms with Crippen LogP contribution in [0.5, 0.6) is 0 Å². The number of hydrogen-bond donors (Lipinski definition) is 2. The number of rotatable bonds is 2. The quantitative estimate of drug-likeness (QED) is 0.890. The molecule has 0 atom stereocenters. The van der Waals surface area contributed by atoms with E-state index in [4.69, 9.17) is 5.73 Å². The van der Waals surface area contributed by atoms with Crippen LogP contribution in [-0.2, 0) is 5.41 Å². The van der Waals surface area contributed by atoms with Crippen molar-refractivity contribution in [3.8, 4) is 0 Å². The maximum Gasteiger partial charge on any atom is 0.259 e. The van der Waals surface area contributed by atoms with E-state index in [1.165, 1.54) is 0 Å². The van der Waals surface area contributed by atoms with Gasteiger partial charge in [-0.15, -0.1) is 0 Å². The van der Waals surface area contributed by atoms with Gasteiger partial charge in [-0.05, 0) is 23.1 Å². The van der Waals surface area contributed by atoms with Crippen LogP contribution in [0.25, 0.3) is 0 Å². The zero-order valence-electron chi connectivity index (χ0n) is 12.3. The minimum Gasteiger partial charge on any atom is -0.383 e. The molecule has 0 spiro atoms. The molecule has 0 fully saturated rings. The standard InChI is InChI=1S/C16H18FN3O/c1-16(2,3)12-6-4-5-7-13(12)20-15(21)11-8-10(17)9-19-14(11)18/h4-9H,1-3H3,(H2,18,19)(H,20,21). The summed E-state index contributed by atoms with van der Waals surface area (Å²) >= 11 is 0. The van der Waals surface area contributed by atoms with Crippen LogP contribution < -0.4 is 11.1 Å². The van der Waals surface area contributed by atoms with Crippen LogP contribution in [0.2, 0.25) is 0 Å². The Kier molecular flexibility index (Phi) is 3.93. The summed E-state index contributed by atoms with van der Waals surface area (Å²) < 4.78 is 13.2. The van der Waals surface area contributed by atoms with E-state index in [1.54, 1.807) is 6.07 Å². The summed E-state index contributed by atoms with van der Waals surface area (Å²) in [5, 5.41) is 2.78. The molecule has 4 nitrogen and oxygen atoms in total. The monoisotopic (exact) mass is 287 g/mol. The Morgan fingerprint density at radius 1 is 1.29 bits per heavy atom. The van der Waals surface area contributed by atoms with Gasteiger partial charge in [0.05, 0.1) is 11.8 Å². The average molecular weight is 287 g/mol. The third-order valence-electron chi connectivity index (χ3n) is 3.11. The Morgan fingerprint density at radius 2 is 1.95 bits per heavy atom. The van der Waals surface area contributed by atoms with E-state index in [0.717, 1.165) is 17.8 Å². The average Bonchev–Trinajstić information content (AvgIpc) is 2.41. The van der Waals surface area contributed by atoms with Crippen molar-refractivity contribution in [2.75, 3.05) is 11.1 Å². The number of pyridine rings is 1. The lowest BCUT2D eigenvalue weighted by Gasteiger charge is -2.23. The van der Waals surface area contributed by atoms with Gasteiger partial charge in [-0.1, -0.05) is 39.0 Å². The normalized spacial score (nSPS) is 11.2. The van der Waals surface area contributed by atoms with Crippen LogP contribution in [-0.4, -0.2) is 10.9 Å². The lowest BCUT2D eigenvalue weighted by molar-refractivity contribution is 0.102. The van der Waals surface area contributed by atoms with Crippen molar-refractivity contribution >= 4 is 17.4 Å². The van der Waals surface area contributed by atoms with E-state index in [1.807, 2.05) is 18.2 Å². The third kappa shape index (κ3) is 3.37. The number of carbonyl (C=O) groups excluding carboxylic acids is 1. The Labute approximate surface area is 123 Å². The van der Waals surface area contributed by atoms with Gasteiger partial charge in [0.1, 0.15) is 11.6 Å². The van der Waals surface area contributed by atoms with Crippen molar-refractivity contribution in [2.24, 2.45) is 0 Å². The van der Waals surface area contributed by atoms with Crippen LogP contribution >= 0.6 is 0 Å². The fourth-order valence-corrected chi connectivity index (χ4v) is 2.07. The molecule has 0 radical (unpaired) electrons. The molecule has 0 aliphatic heterocycles. The SMILES string of the molecule is CC(C)(C)c1ccccc1NC(=O)c1cc(F)cnc1N. The molecule has 21 heavy (non-hydrogen) atoms. The van der Waals surface area contributed by atoms with Crippen molar-refractivity contribution in [1.82, 2.24) is 4.98 Å². The Bertz CT molecular complexity index is 677. The van der Waals surface area contributed by atoms with Crippen LogP contribution in [0.1, 0.15) is 36.7 Å². The van der Waals surface area contributed by atoms with Gasteiger partial charge in [0.2, 0.25) is 0 Å². The van der Waals surface area contributed by atoms with Gasteiger partial charge in [-0.25, -0.2) is 9.37 Å². The fourth-order valence-electron chi connectivity index (χ4n) is 2.07. The first kappa shape index (κ1) is 15.0. The van der Waals surface area contributed by atoms with Crippen molar-refractivity contribution < 1.29 is 9.18 Å². The molecule has 1 aromatic heterocycles. The summed E-state index contributed by atoms with van der Waals surface area (Å²) in [4.78, 5) is 15.9. The van der Waals surface area contributed by atoms with Gasteiger partial charge >= 0.3 is 0 Å². The zero-order valence-corrected chi connectivity index (χ0v) is 12.3. The molecule has 0 saturated heterocycles. The molecule has 3 N–H and O–H groups in total. The highest BCUT2D eigenvalue weighted by Gasteiger charge is 2.20. The summed E-state index contributed by atoms with van der Waals surface area (Å²) in [6, 6.07) is 8.58. The highest BCUT2D eigenvalue weighted by molar-refractivity contribution is 6.07. The molecule has 1 aromatic carbocycles. The molecule has 1 amide bonds. The van der Waals surface area contributed by atoms with Crippen molar-refractivity contribution in [3.05, 3.63) is 53.5 Å². The second-order valence-corrected chi connectivity index (χ2v) is 5.84. The van der Waals surface area contributed by atoms with Crippen molar-refractivity contribution in [2.45, 2.75) is 26.2 Å². The summed E-state index contributed by atoms with van der Waals surface area (Å²) in [5.41, 5.74) is 7.19. The van der Waals surface area contributed by atoms with Gasteiger partial charge in [0, 0.05) is 5.69 Å². The number of para-hydroxylation sites is 1. The van der Waals surface area contributed by atoms with Crippen molar-refractivity contribution in [3.63, 3.8) is 0 Å². The number of carbonyl (C=O) groups is 1. The van der Waals surface area contributed by atoms with Gasteiger partial charge in [0.15, 0.2) is 0 Å². The lowest BCUT2D eigenvalue weighted by atomic mass is 9.86. The van der Waals surface area contributed by atoms with E-state index >= 15 is 0 Å². The Hall–Kier alpha value is -2.43. The van der Waals surface area contributed by atoms with Gasteiger partial charge in [-0.2, -0.15) is 0 Å². The molecule has 5 heteroatoms. The van der Waals surface area contributed by atoms with Crippen LogP contribution in [0.4, 0.5) is 15.9 Å². The van der Waals surface area contributed by atoms with E-state index in [9.17, 15) is 9.18 Å². The predicted octanol–water partition coefficient (Wildman–Crippen LogP) is 3.35. The van der Waals surface area contributed by atoms with Crippen molar-refractivity contribution in [1.29, 1.82) is 0 Å². The maximum absolute atomic E-state index is 13.2. The first-order valence-corrected chi connectivity index (χ1v) is 6.61. The molecular weight excluding hydrogens is 269 g/mol. The molecule has 0 aliphatic rings. The second-order valence-electron chi connectivity index (χ2n) is 5.84. The number of hydrogen-bond acceptors (Lipinski definition) is 3. The van der Waals surface area contributed by atoms with E-state index in [0.29, 0.717) is 5.69 Å². The largest absolute Gasteiger partial charge is 0.383 e. The number of benzene rings is 1. The Morgan fingerprint density at radius 3 is 2.62 bits per heavy atom. The van der Waals surface area contributed by atoms with Gasteiger partial charge in [-0.3, -0.25) is 4.79 Å². The zero-order chi connectivity index (χ0) is 15.6. The van der Waals surface area contributed by atoms with Crippen LogP contribution in [0.3, 0.4) is 0 Å². The summed E-state index contributed by atoms with van der Waals surface area (Å²) in [6.45, 7) is 6.16. The summed E-state index contributed by atoms with van der Waals surface area (Å²) in [6.07, 6.45) is 0.981. The smallest absolute Gasteiger partial charge is 0.259 e. The molecule has 0 saturated carbocycles. The molecule has 2 aromatic rings. The summed E-state index contributed by atoms with van der Waals surface area (Å²) in [7, 11) is 0. The highest BCUT2D eigenvalue weighted by atomic mass is 19.1. The molecule has 0 aliphatic carbocycles. The Balaban J connectivity index is 2.35. The van der Waals surface area contributed by atoms with Crippen LogP contribution in [0.15, 0.2) is 36.5 Å². The second kappa shape index (κ2) is 5.52. The minimum atomic E-state index is -0.599. The molecule has 2 rings (SSSR count). The van der Waals surface area contributed by atoms with E-state index < -0.39 is 11.7 Å². The molecule has 1 heterocycles. The van der Waals surface area contributed by atoms with Gasteiger partial charge in [0.25, 0.3) is 5.91 Å². The van der Waals surface area contributed by atoms with E-state index in [-0.39, 0.29) is 16.8 Å². The summed E-state index contributed by atoms with van der Waals surface area (Å²) in [5.74, 6) is -1.07. The van der Waals surface area contributed by atoms with E-state index in [2.05, 4.69) is 31.1 Å². The minimum absolute atomic E-state index is 0.00198. The molecule has 110 valence electrons.